The van der Waals surface area contributed by atoms with Crippen molar-refractivity contribution < 1.29 is 19.4 Å². The van der Waals surface area contributed by atoms with Gasteiger partial charge in [-0.25, -0.2) is 0 Å². The number of aliphatic hydroxyl groups excluding tert-OH is 1. The summed E-state index contributed by atoms with van der Waals surface area (Å²) in [5.74, 6) is 0.587. The van der Waals surface area contributed by atoms with Crippen molar-refractivity contribution in [3.63, 3.8) is 0 Å². The quantitative estimate of drug-likeness (QED) is 0.783. The molecule has 23 heavy (non-hydrogen) atoms. The Hall–Kier alpha value is -2.05. The van der Waals surface area contributed by atoms with Gasteiger partial charge in [0, 0.05) is 36.1 Å². The largest absolute Gasteiger partial charge is 0.497 e. The second-order valence-electron chi connectivity index (χ2n) is 6.09. The summed E-state index contributed by atoms with van der Waals surface area (Å²) >= 11 is 0. The van der Waals surface area contributed by atoms with Crippen LogP contribution in [0.4, 0.5) is 0 Å². The molecule has 0 atom stereocenters. The summed E-state index contributed by atoms with van der Waals surface area (Å²) in [6, 6.07) is 7.43. The van der Waals surface area contributed by atoms with E-state index in [2.05, 4.69) is 10.3 Å². The molecule has 1 aliphatic rings. The second kappa shape index (κ2) is 6.60. The van der Waals surface area contributed by atoms with Crippen molar-refractivity contribution in [1.29, 1.82) is 0 Å². The lowest BCUT2D eigenvalue weighted by Gasteiger charge is -2.35. The number of H-pyrrole nitrogens is 1. The number of aromatic nitrogens is 1. The number of aromatic amines is 1. The van der Waals surface area contributed by atoms with Gasteiger partial charge in [-0.05, 0) is 37.1 Å². The molecular formula is C17H22N2O4. The Morgan fingerprint density at radius 2 is 2.17 bits per heavy atom. The number of ether oxygens (including phenoxy) is 2. The Kier molecular flexibility index (Phi) is 4.54. The van der Waals surface area contributed by atoms with Gasteiger partial charge in [-0.3, -0.25) is 4.79 Å². The average Bonchev–Trinajstić information content (AvgIpc) is 3.03. The van der Waals surface area contributed by atoms with Gasteiger partial charge in [0.1, 0.15) is 11.4 Å². The van der Waals surface area contributed by atoms with E-state index in [1.165, 1.54) is 0 Å². The van der Waals surface area contributed by atoms with Crippen molar-refractivity contribution in [1.82, 2.24) is 10.3 Å². The molecule has 1 amide bonds. The Morgan fingerprint density at radius 3 is 2.87 bits per heavy atom. The third kappa shape index (κ3) is 3.33. The van der Waals surface area contributed by atoms with Crippen LogP contribution >= 0.6 is 0 Å². The molecule has 1 aromatic heterocycles. The van der Waals surface area contributed by atoms with Gasteiger partial charge in [0.25, 0.3) is 5.91 Å². The standard InChI is InChI=1S/C17H22N2O4/c1-22-13-2-3-14-12(8-13)9-15(19-14)16(21)18-10-17(11-20)4-6-23-7-5-17/h2-3,8-9,19-20H,4-7,10-11H2,1H3,(H,18,21). The fourth-order valence-corrected chi connectivity index (χ4v) is 2.92. The number of aliphatic hydroxyl groups is 1. The monoisotopic (exact) mass is 318 g/mol. The first-order valence-corrected chi connectivity index (χ1v) is 7.79. The van der Waals surface area contributed by atoms with E-state index in [0.29, 0.717) is 25.5 Å². The predicted octanol–water partition coefficient (Wildman–Crippen LogP) is 1.70. The van der Waals surface area contributed by atoms with Gasteiger partial charge in [-0.15, -0.1) is 0 Å². The highest BCUT2D eigenvalue weighted by atomic mass is 16.5. The maximum absolute atomic E-state index is 12.4. The van der Waals surface area contributed by atoms with Gasteiger partial charge in [0.05, 0.1) is 13.7 Å². The molecular weight excluding hydrogens is 296 g/mol. The first kappa shape index (κ1) is 15.8. The lowest BCUT2D eigenvalue weighted by molar-refractivity contribution is -0.0146. The van der Waals surface area contributed by atoms with E-state index in [0.717, 1.165) is 29.5 Å². The molecule has 0 saturated carbocycles. The van der Waals surface area contributed by atoms with E-state index in [-0.39, 0.29) is 17.9 Å². The number of benzene rings is 1. The van der Waals surface area contributed by atoms with Gasteiger partial charge in [-0.1, -0.05) is 0 Å². The van der Waals surface area contributed by atoms with E-state index in [4.69, 9.17) is 9.47 Å². The summed E-state index contributed by atoms with van der Waals surface area (Å²) in [5, 5.41) is 13.5. The van der Waals surface area contributed by atoms with Crippen LogP contribution in [-0.2, 0) is 4.74 Å². The van der Waals surface area contributed by atoms with Gasteiger partial charge >= 0.3 is 0 Å². The molecule has 0 radical (unpaired) electrons. The molecule has 124 valence electrons. The normalized spacial score (nSPS) is 17.1. The number of hydrogen-bond donors (Lipinski definition) is 3. The summed E-state index contributed by atoms with van der Waals surface area (Å²) in [6.45, 7) is 1.76. The zero-order chi connectivity index (χ0) is 16.3. The van der Waals surface area contributed by atoms with Gasteiger partial charge in [0.2, 0.25) is 0 Å². The number of rotatable bonds is 5. The molecule has 3 rings (SSSR count). The molecule has 6 heteroatoms. The molecule has 3 N–H and O–H groups in total. The molecule has 0 bridgehead atoms. The smallest absolute Gasteiger partial charge is 0.267 e. The lowest BCUT2D eigenvalue weighted by atomic mass is 9.81. The highest BCUT2D eigenvalue weighted by Crippen LogP contribution is 2.29. The lowest BCUT2D eigenvalue weighted by Crippen LogP contribution is -2.43. The molecule has 0 aliphatic carbocycles. The number of nitrogens with one attached hydrogen (secondary N) is 2. The zero-order valence-corrected chi connectivity index (χ0v) is 13.2. The first-order valence-electron chi connectivity index (χ1n) is 7.79. The van der Waals surface area contributed by atoms with Crippen LogP contribution in [0.3, 0.4) is 0 Å². The molecule has 1 aliphatic heterocycles. The molecule has 1 fully saturated rings. The molecule has 1 saturated heterocycles. The molecule has 1 aromatic carbocycles. The predicted molar refractivity (Wildman–Crippen MR) is 86.8 cm³/mol. The van der Waals surface area contributed by atoms with Crippen LogP contribution in [0.15, 0.2) is 24.3 Å². The Labute approximate surface area is 134 Å². The number of amides is 1. The van der Waals surface area contributed by atoms with Crippen LogP contribution in [0.5, 0.6) is 5.75 Å². The molecule has 2 aromatic rings. The molecule has 2 heterocycles. The zero-order valence-electron chi connectivity index (χ0n) is 13.2. The van der Waals surface area contributed by atoms with Crippen LogP contribution in [0.25, 0.3) is 10.9 Å². The van der Waals surface area contributed by atoms with Crippen LogP contribution < -0.4 is 10.1 Å². The maximum Gasteiger partial charge on any atom is 0.267 e. The Balaban J connectivity index is 1.70. The third-order valence-electron chi connectivity index (χ3n) is 4.59. The van der Waals surface area contributed by atoms with Crippen molar-refractivity contribution in [3.8, 4) is 5.75 Å². The minimum atomic E-state index is -0.275. The summed E-state index contributed by atoms with van der Waals surface area (Å²) in [7, 11) is 1.61. The molecule has 0 unspecified atom stereocenters. The number of carbonyl (C=O) groups excluding carboxylic acids is 1. The van der Waals surface area contributed by atoms with Gasteiger partial charge < -0.3 is 24.9 Å². The maximum atomic E-state index is 12.4. The van der Waals surface area contributed by atoms with Crippen molar-refractivity contribution in [2.45, 2.75) is 12.8 Å². The average molecular weight is 318 g/mol. The number of fused-ring (bicyclic) bond motifs is 1. The van der Waals surface area contributed by atoms with Crippen LogP contribution in [0, 0.1) is 5.41 Å². The number of hydrogen-bond acceptors (Lipinski definition) is 4. The van der Waals surface area contributed by atoms with E-state index < -0.39 is 0 Å². The number of methoxy groups -OCH3 is 1. The molecule has 6 nitrogen and oxygen atoms in total. The Bertz CT molecular complexity index is 689. The second-order valence-corrected chi connectivity index (χ2v) is 6.09. The summed E-state index contributed by atoms with van der Waals surface area (Å²) in [6.07, 6.45) is 1.52. The highest BCUT2D eigenvalue weighted by Gasteiger charge is 2.32. The Morgan fingerprint density at radius 1 is 1.39 bits per heavy atom. The number of carbonyl (C=O) groups is 1. The van der Waals surface area contributed by atoms with Crippen molar-refractivity contribution in [3.05, 3.63) is 30.0 Å². The summed E-state index contributed by atoms with van der Waals surface area (Å²) < 4.78 is 10.5. The van der Waals surface area contributed by atoms with E-state index in [1.54, 1.807) is 7.11 Å². The van der Waals surface area contributed by atoms with Crippen LogP contribution in [0.2, 0.25) is 0 Å². The van der Waals surface area contributed by atoms with Crippen molar-refractivity contribution >= 4 is 16.8 Å². The first-order chi connectivity index (χ1) is 11.2. The minimum Gasteiger partial charge on any atom is -0.497 e. The van der Waals surface area contributed by atoms with Crippen molar-refractivity contribution in [2.24, 2.45) is 5.41 Å². The molecule has 0 spiro atoms. The SMILES string of the molecule is COc1ccc2[nH]c(C(=O)NCC3(CO)CCOCC3)cc2c1. The summed E-state index contributed by atoms with van der Waals surface area (Å²) in [4.78, 5) is 15.5. The third-order valence-corrected chi connectivity index (χ3v) is 4.59. The van der Waals surface area contributed by atoms with Crippen molar-refractivity contribution in [2.75, 3.05) is 33.5 Å². The fraction of sp³-hybridized carbons (Fsp3) is 0.471. The van der Waals surface area contributed by atoms with Crippen LogP contribution in [0.1, 0.15) is 23.3 Å². The summed E-state index contributed by atoms with van der Waals surface area (Å²) in [5.41, 5.74) is 1.12. The highest BCUT2D eigenvalue weighted by molar-refractivity contribution is 5.98. The van der Waals surface area contributed by atoms with E-state index in [9.17, 15) is 9.90 Å². The van der Waals surface area contributed by atoms with Crippen LogP contribution in [-0.4, -0.2) is 49.5 Å². The minimum absolute atomic E-state index is 0.0561. The topological polar surface area (TPSA) is 83.6 Å². The van der Waals surface area contributed by atoms with E-state index in [1.807, 2.05) is 24.3 Å². The fourth-order valence-electron chi connectivity index (χ4n) is 2.92. The van der Waals surface area contributed by atoms with Gasteiger partial charge in [-0.2, -0.15) is 0 Å². The van der Waals surface area contributed by atoms with Gasteiger partial charge in [0.15, 0.2) is 0 Å². The van der Waals surface area contributed by atoms with E-state index >= 15 is 0 Å².